The van der Waals surface area contributed by atoms with Crippen LogP contribution in [0.1, 0.15) is 25.3 Å². The van der Waals surface area contributed by atoms with E-state index < -0.39 is 0 Å². The zero-order chi connectivity index (χ0) is 17.9. The Morgan fingerprint density at radius 1 is 1.12 bits per heavy atom. The summed E-state index contributed by atoms with van der Waals surface area (Å²) in [5, 5.41) is 5.28. The highest BCUT2D eigenvalue weighted by Crippen LogP contribution is 2.27. The quantitative estimate of drug-likeness (QED) is 0.694. The summed E-state index contributed by atoms with van der Waals surface area (Å²) in [4.78, 5) is 12.0. The number of benzene rings is 2. The second-order valence-corrected chi connectivity index (χ2v) is 7.43. The largest absolute Gasteiger partial charge is 0.365 e. The summed E-state index contributed by atoms with van der Waals surface area (Å²) >= 11 is 6.30. The van der Waals surface area contributed by atoms with Gasteiger partial charge in [0.15, 0.2) is 0 Å². The Hall–Kier alpha value is -2.33. The van der Waals surface area contributed by atoms with Gasteiger partial charge in [-0.25, -0.2) is 4.98 Å². The summed E-state index contributed by atoms with van der Waals surface area (Å²) in [6, 6.07) is 16.1. The molecule has 1 N–H and O–H groups in total. The topological polar surface area (TPSA) is 41.1 Å². The van der Waals surface area contributed by atoms with Crippen molar-refractivity contribution >= 4 is 34.3 Å². The van der Waals surface area contributed by atoms with Gasteiger partial charge in [0, 0.05) is 30.0 Å². The summed E-state index contributed by atoms with van der Waals surface area (Å²) in [6.07, 6.45) is 2.47. The van der Waals surface area contributed by atoms with Crippen molar-refractivity contribution in [1.29, 1.82) is 0 Å². The molecule has 1 saturated heterocycles. The lowest BCUT2D eigenvalue weighted by molar-refractivity contribution is 0.442. The molecule has 0 saturated carbocycles. The minimum absolute atomic E-state index is 0.635. The average Bonchev–Trinajstić information content (AvgIpc) is 2.67. The standard InChI is InChI=1S/C21H23ClN4/c1-15-7-6-12-26(14-15)21-24-19-11-5-3-9-17(19)20(25-21)23-13-16-8-2-4-10-18(16)22/h2-5,8-11,15H,6-7,12-14H2,1H3,(H,23,24,25). The third kappa shape index (κ3) is 3.61. The van der Waals surface area contributed by atoms with Gasteiger partial charge in [-0.2, -0.15) is 4.98 Å². The fraction of sp³-hybridized carbons (Fsp3) is 0.333. The number of anilines is 2. The molecule has 1 unspecified atom stereocenters. The summed E-state index contributed by atoms with van der Waals surface area (Å²) in [5.41, 5.74) is 2.03. The maximum atomic E-state index is 6.30. The lowest BCUT2D eigenvalue weighted by Gasteiger charge is -2.31. The van der Waals surface area contributed by atoms with Gasteiger partial charge in [0.05, 0.1) is 5.52 Å². The van der Waals surface area contributed by atoms with Gasteiger partial charge < -0.3 is 10.2 Å². The van der Waals surface area contributed by atoms with Gasteiger partial charge in [-0.3, -0.25) is 0 Å². The Morgan fingerprint density at radius 2 is 1.92 bits per heavy atom. The van der Waals surface area contributed by atoms with Gasteiger partial charge >= 0.3 is 0 Å². The fourth-order valence-electron chi connectivity index (χ4n) is 3.53. The maximum absolute atomic E-state index is 6.30. The molecule has 1 atom stereocenters. The number of rotatable bonds is 4. The molecule has 134 valence electrons. The van der Waals surface area contributed by atoms with Crippen LogP contribution in [0.4, 0.5) is 11.8 Å². The lowest BCUT2D eigenvalue weighted by atomic mass is 10.0. The molecule has 4 nitrogen and oxygen atoms in total. The van der Waals surface area contributed by atoms with Crippen LogP contribution in [0, 0.1) is 5.92 Å². The van der Waals surface area contributed by atoms with E-state index in [0.717, 1.165) is 46.3 Å². The average molecular weight is 367 g/mol. The van der Waals surface area contributed by atoms with Crippen molar-refractivity contribution in [2.75, 3.05) is 23.3 Å². The van der Waals surface area contributed by atoms with E-state index in [1.165, 1.54) is 12.8 Å². The molecule has 2 aromatic carbocycles. The Labute approximate surface area is 159 Å². The molecular formula is C21H23ClN4. The molecule has 26 heavy (non-hydrogen) atoms. The van der Waals surface area contributed by atoms with Gasteiger partial charge in [-0.05, 0) is 42.5 Å². The van der Waals surface area contributed by atoms with Crippen LogP contribution in [0.15, 0.2) is 48.5 Å². The molecule has 1 aliphatic rings. The molecule has 3 aromatic rings. The fourth-order valence-corrected chi connectivity index (χ4v) is 3.73. The van der Waals surface area contributed by atoms with Crippen molar-refractivity contribution in [3.05, 3.63) is 59.1 Å². The molecule has 0 spiro atoms. The molecule has 2 heterocycles. The first-order valence-corrected chi connectivity index (χ1v) is 9.57. The van der Waals surface area contributed by atoms with Crippen LogP contribution >= 0.6 is 11.6 Å². The van der Waals surface area contributed by atoms with Gasteiger partial charge in [0.25, 0.3) is 0 Å². The van der Waals surface area contributed by atoms with E-state index in [0.29, 0.717) is 12.5 Å². The zero-order valence-electron chi connectivity index (χ0n) is 15.0. The first-order valence-electron chi connectivity index (χ1n) is 9.20. The van der Waals surface area contributed by atoms with Crippen molar-refractivity contribution in [3.8, 4) is 0 Å². The van der Waals surface area contributed by atoms with E-state index in [4.69, 9.17) is 21.6 Å². The number of para-hydroxylation sites is 1. The highest BCUT2D eigenvalue weighted by atomic mass is 35.5. The van der Waals surface area contributed by atoms with Gasteiger partial charge in [-0.15, -0.1) is 0 Å². The van der Waals surface area contributed by atoms with Gasteiger partial charge in [0.2, 0.25) is 5.95 Å². The van der Waals surface area contributed by atoms with Crippen LogP contribution in [-0.2, 0) is 6.54 Å². The van der Waals surface area contributed by atoms with E-state index in [2.05, 4.69) is 29.3 Å². The van der Waals surface area contributed by atoms with Gasteiger partial charge in [-0.1, -0.05) is 48.9 Å². The van der Waals surface area contributed by atoms with Crippen LogP contribution in [0.3, 0.4) is 0 Å². The molecule has 5 heteroatoms. The molecular weight excluding hydrogens is 344 g/mol. The van der Waals surface area contributed by atoms with E-state index in [1.54, 1.807) is 0 Å². The third-order valence-electron chi connectivity index (χ3n) is 4.94. The number of fused-ring (bicyclic) bond motifs is 1. The summed E-state index contributed by atoms with van der Waals surface area (Å²) in [5.74, 6) is 2.36. The normalized spacial score (nSPS) is 17.5. The molecule has 1 fully saturated rings. The van der Waals surface area contributed by atoms with E-state index in [-0.39, 0.29) is 0 Å². The van der Waals surface area contributed by atoms with Crippen LogP contribution in [-0.4, -0.2) is 23.1 Å². The number of halogens is 1. The number of aromatic nitrogens is 2. The predicted octanol–water partition coefficient (Wildman–Crippen LogP) is 5.13. The maximum Gasteiger partial charge on any atom is 0.227 e. The Bertz CT molecular complexity index is 911. The van der Waals surface area contributed by atoms with E-state index in [1.807, 2.05) is 36.4 Å². The third-order valence-corrected chi connectivity index (χ3v) is 5.30. The number of hydrogen-bond acceptors (Lipinski definition) is 4. The zero-order valence-corrected chi connectivity index (χ0v) is 15.7. The molecule has 1 aliphatic heterocycles. The second kappa shape index (κ2) is 7.50. The summed E-state index contributed by atoms with van der Waals surface area (Å²) in [7, 11) is 0. The molecule has 0 radical (unpaired) electrons. The monoisotopic (exact) mass is 366 g/mol. The molecule has 4 rings (SSSR count). The molecule has 0 amide bonds. The second-order valence-electron chi connectivity index (χ2n) is 7.03. The molecule has 1 aromatic heterocycles. The number of piperidine rings is 1. The Morgan fingerprint density at radius 3 is 2.77 bits per heavy atom. The lowest BCUT2D eigenvalue weighted by Crippen LogP contribution is -2.35. The van der Waals surface area contributed by atoms with Crippen molar-refractivity contribution in [2.24, 2.45) is 5.92 Å². The van der Waals surface area contributed by atoms with Gasteiger partial charge in [0.1, 0.15) is 5.82 Å². The van der Waals surface area contributed by atoms with E-state index >= 15 is 0 Å². The highest BCUT2D eigenvalue weighted by Gasteiger charge is 2.20. The minimum Gasteiger partial charge on any atom is -0.365 e. The highest BCUT2D eigenvalue weighted by molar-refractivity contribution is 6.31. The Balaban J connectivity index is 1.67. The van der Waals surface area contributed by atoms with Crippen LogP contribution in [0.25, 0.3) is 10.9 Å². The van der Waals surface area contributed by atoms with Crippen molar-refractivity contribution in [1.82, 2.24) is 9.97 Å². The number of nitrogens with one attached hydrogen (secondary N) is 1. The van der Waals surface area contributed by atoms with Crippen LogP contribution in [0.2, 0.25) is 5.02 Å². The first kappa shape index (κ1) is 17.1. The SMILES string of the molecule is CC1CCCN(c2nc(NCc3ccccc3Cl)c3ccccc3n2)C1. The number of nitrogens with zero attached hydrogens (tertiary/aromatic N) is 3. The smallest absolute Gasteiger partial charge is 0.227 e. The van der Waals surface area contributed by atoms with Crippen LogP contribution < -0.4 is 10.2 Å². The first-order chi connectivity index (χ1) is 12.7. The predicted molar refractivity (Wildman–Crippen MR) is 109 cm³/mol. The van der Waals surface area contributed by atoms with E-state index in [9.17, 15) is 0 Å². The number of hydrogen-bond donors (Lipinski definition) is 1. The van der Waals surface area contributed by atoms with Crippen molar-refractivity contribution < 1.29 is 0 Å². The van der Waals surface area contributed by atoms with Crippen molar-refractivity contribution in [3.63, 3.8) is 0 Å². The van der Waals surface area contributed by atoms with Crippen molar-refractivity contribution in [2.45, 2.75) is 26.3 Å². The minimum atomic E-state index is 0.635. The Kier molecular flexibility index (Phi) is 4.93. The molecule has 0 aliphatic carbocycles. The summed E-state index contributed by atoms with van der Waals surface area (Å²) < 4.78 is 0. The molecule has 0 bridgehead atoms. The van der Waals surface area contributed by atoms with Crippen LogP contribution in [0.5, 0.6) is 0 Å². The summed E-state index contributed by atoms with van der Waals surface area (Å²) in [6.45, 7) is 4.97.